The van der Waals surface area contributed by atoms with E-state index in [-0.39, 0.29) is 23.1 Å². The summed E-state index contributed by atoms with van der Waals surface area (Å²) in [5.74, 6) is 3.46. The van der Waals surface area contributed by atoms with Gasteiger partial charge in [-0.15, -0.1) is 0 Å². The maximum atomic E-state index is 13.5. The van der Waals surface area contributed by atoms with Gasteiger partial charge in [-0.25, -0.2) is 4.98 Å². The maximum Gasteiger partial charge on any atom is 0.245 e. The maximum absolute atomic E-state index is 13.5. The average molecular weight is 425 g/mol. The molecule has 5 fully saturated rings. The molecule has 1 aliphatic heterocycles. The van der Waals surface area contributed by atoms with E-state index in [0.717, 1.165) is 55.9 Å². The van der Waals surface area contributed by atoms with Crippen molar-refractivity contribution in [3.05, 3.63) is 24.4 Å². The second-order valence-corrected chi connectivity index (χ2v) is 10.9. The van der Waals surface area contributed by atoms with Crippen LogP contribution in [0.5, 0.6) is 0 Å². The van der Waals surface area contributed by atoms with Gasteiger partial charge in [-0.2, -0.15) is 0 Å². The zero-order valence-electron chi connectivity index (χ0n) is 18.9. The third-order valence-electron chi connectivity index (χ3n) is 8.30. The molecule has 4 saturated carbocycles. The third-order valence-corrected chi connectivity index (χ3v) is 8.30. The molecular weight excluding hydrogens is 388 g/mol. The summed E-state index contributed by atoms with van der Waals surface area (Å²) in [5.41, 5.74) is -0.208. The molecule has 6 rings (SSSR count). The minimum atomic E-state index is -0.429. The van der Waals surface area contributed by atoms with E-state index in [0.29, 0.717) is 13.1 Å². The van der Waals surface area contributed by atoms with E-state index < -0.39 is 6.04 Å². The highest BCUT2D eigenvalue weighted by atomic mass is 16.2. The predicted octanol–water partition coefficient (Wildman–Crippen LogP) is 3.09. The number of hydrogen-bond donors (Lipinski definition) is 1. The standard InChI is InChI=1S/C25H36N4O2/c1-17(2)22(23(30)29-9-7-28(8-10-29)21-5-3-4-6-26-21)27-24(31)25-14-18-11-19(15-25)13-20(12-18)16-25/h3-6,17-20,22H,7-16H2,1-2H3,(H,27,31). The molecule has 1 atom stereocenters. The second-order valence-electron chi connectivity index (χ2n) is 10.9. The van der Waals surface area contributed by atoms with Crippen LogP contribution in [0.4, 0.5) is 5.82 Å². The van der Waals surface area contributed by atoms with Crippen molar-refractivity contribution in [1.82, 2.24) is 15.2 Å². The van der Waals surface area contributed by atoms with Crippen molar-refractivity contribution in [2.24, 2.45) is 29.1 Å². The Balaban J connectivity index is 1.23. The molecule has 1 N–H and O–H groups in total. The van der Waals surface area contributed by atoms with Crippen LogP contribution in [-0.2, 0) is 9.59 Å². The molecular formula is C25H36N4O2. The number of nitrogens with zero attached hydrogens (tertiary/aromatic N) is 3. The molecule has 1 unspecified atom stereocenters. The number of piperazine rings is 1. The van der Waals surface area contributed by atoms with Gasteiger partial charge in [0, 0.05) is 37.8 Å². The lowest BCUT2D eigenvalue weighted by Gasteiger charge is -2.56. The molecule has 1 aromatic rings. The van der Waals surface area contributed by atoms with Gasteiger partial charge in [-0.1, -0.05) is 19.9 Å². The van der Waals surface area contributed by atoms with E-state index in [1.54, 1.807) is 0 Å². The van der Waals surface area contributed by atoms with Gasteiger partial charge >= 0.3 is 0 Å². The summed E-state index contributed by atoms with van der Waals surface area (Å²) < 4.78 is 0. The topological polar surface area (TPSA) is 65.5 Å². The molecule has 2 amide bonds. The Kier molecular flexibility index (Phi) is 5.43. The SMILES string of the molecule is CC(C)C(NC(=O)C12CC3CC(CC(C3)C1)C2)C(=O)N1CCN(c2ccccn2)CC1. The average Bonchev–Trinajstić information content (AvgIpc) is 2.76. The van der Waals surface area contributed by atoms with Crippen molar-refractivity contribution in [2.75, 3.05) is 31.1 Å². The lowest BCUT2D eigenvalue weighted by atomic mass is 9.49. The largest absolute Gasteiger partial charge is 0.353 e. The van der Waals surface area contributed by atoms with E-state index in [4.69, 9.17) is 0 Å². The molecule has 2 heterocycles. The molecule has 31 heavy (non-hydrogen) atoms. The van der Waals surface area contributed by atoms with Crippen LogP contribution in [0.15, 0.2) is 24.4 Å². The van der Waals surface area contributed by atoms with Crippen molar-refractivity contribution < 1.29 is 9.59 Å². The zero-order valence-corrected chi connectivity index (χ0v) is 18.9. The van der Waals surface area contributed by atoms with Crippen LogP contribution in [0.3, 0.4) is 0 Å². The molecule has 6 nitrogen and oxygen atoms in total. The molecule has 5 aliphatic rings. The molecule has 0 aromatic carbocycles. The summed E-state index contributed by atoms with van der Waals surface area (Å²) in [6, 6.07) is 5.50. The highest BCUT2D eigenvalue weighted by Gasteiger charge is 2.55. The van der Waals surface area contributed by atoms with E-state index >= 15 is 0 Å². The van der Waals surface area contributed by atoms with E-state index in [9.17, 15) is 9.59 Å². The zero-order chi connectivity index (χ0) is 21.6. The minimum Gasteiger partial charge on any atom is -0.353 e. The first-order chi connectivity index (χ1) is 14.9. The third kappa shape index (κ3) is 3.94. The van der Waals surface area contributed by atoms with Gasteiger partial charge in [0.05, 0.1) is 0 Å². The highest BCUT2D eigenvalue weighted by Crippen LogP contribution is 2.60. The lowest BCUT2D eigenvalue weighted by Crippen LogP contribution is -2.60. The van der Waals surface area contributed by atoms with Gasteiger partial charge < -0.3 is 15.1 Å². The molecule has 168 valence electrons. The normalized spacial score (nSPS) is 32.9. The van der Waals surface area contributed by atoms with E-state index in [1.165, 1.54) is 19.3 Å². The van der Waals surface area contributed by atoms with Crippen LogP contribution in [0.25, 0.3) is 0 Å². The number of nitrogens with one attached hydrogen (secondary N) is 1. The van der Waals surface area contributed by atoms with Gasteiger partial charge in [-0.3, -0.25) is 9.59 Å². The Morgan fingerprint density at radius 3 is 2.13 bits per heavy atom. The first-order valence-corrected chi connectivity index (χ1v) is 12.2. The molecule has 1 saturated heterocycles. The van der Waals surface area contributed by atoms with E-state index in [1.807, 2.05) is 43.1 Å². The number of aromatic nitrogens is 1. The second kappa shape index (κ2) is 8.10. The van der Waals surface area contributed by atoms with Gasteiger partial charge in [0.25, 0.3) is 0 Å². The number of carbonyl (C=O) groups is 2. The first-order valence-electron chi connectivity index (χ1n) is 12.2. The van der Waals surface area contributed by atoms with E-state index in [2.05, 4.69) is 15.2 Å². The van der Waals surface area contributed by atoms with Crippen LogP contribution >= 0.6 is 0 Å². The highest BCUT2D eigenvalue weighted by molar-refractivity contribution is 5.90. The van der Waals surface area contributed by atoms with Crippen LogP contribution < -0.4 is 10.2 Å². The molecule has 4 bridgehead atoms. The number of hydrogen-bond acceptors (Lipinski definition) is 4. The number of amides is 2. The molecule has 4 aliphatic carbocycles. The number of carbonyl (C=O) groups excluding carboxylic acids is 2. The smallest absolute Gasteiger partial charge is 0.245 e. The number of rotatable bonds is 5. The quantitative estimate of drug-likeness (QED) is 0.789. The van der Waals surface area contributed by atoms with Crippen LogP contribution in [-0.4, -0.2) is 53.9 Å². The van der Waals surface area contributed by atoms with Crippen molar-refractivity contribution in [3.8, 4) is 0 Å². The summed E-state index contributed by atoms with van der Waals surface area (Å²) >= 11 is 0. The van der Waals surface area contributed by atoms with Gasteiger partial charge in [0.2, 0.25) is 11.8 Å². The van der Waals surface area contributed by atoms with Crippen molar-refractivity contribution in [3.63, 3.8) is 0 Å². The monoisotopic (exact) mass is 424 g/mol. The van der Waals surface area contributed by atoms with Crippen molar-refractivity contribution in [2.45, 2.75) is 58.4 Å². The Hall–Kier alpha value is -2.11. The fourth-order valence-corrected chi connectivity index (χ4v) is 7.09. The Labute approximate surface area is 185 Å². The summed E-state index contributed by atoms with van der Waals surface area (Å²) in [6.07, 6.45) is 8.87. The Morgan fingerprint density at radius 2 is 1.61 bits per heavy atom. The Bertz CT molecular complexity index is 781. The minimum absolute atomic E-state index is 0.0775. The summed E-state index contributed by atoms with van der Waals surface area (Å²) in [4.78, 5) is 35.5. The number of pyridine rings is 1. The van der Waals surface area contributed by atoms with Gasteiger partial charge in [0.1, 0.15) is 11.9 Å². The van der Waals surface area contributed by atoms with Crippen molar-refractivity contribution >= 4 is 17.6 Å². The Morgan fingerprint density at radius 1 is 1.00 bits per heavy atom. The van der Waals surface area contributed by atoms with Crippen LogP contribution in [0.2, 0.25) is 0 Å². The molecule has 0 radical (unpaired) electrons. The van der Waals surface area contributed by atoms with Crippen LogP contribution in [0.1, 0.15) is 52.4 Å². The summed E-state index contributed by atoms with van der Waals surface area (Å²) in [6.45, 7) is 6.99. The molecule has 0 spiro atoms. The summed E-state index contributed by atoms with van der Waals surface area (Å²) in [5, 5.41) is 3.26. The van der Waals surface area contributed by atoms with Crippen molar-refractivity contribution in [1.29, 1.82) is 0 Å². The molecule has 6 heteroatoms. The fraction of sp³-hybridized carbons (Fsp3) is 0.720. The summed E-state index contributed by atoms with van der Waals surface area (Å²) in [7, 11) is 0. The van der Waals surface area contributed by atoms with Gasteiger partial charge in [-0.05, 0) is 74.3 Å². The number of anilines is 1. The van der Waals surface area contributed by atoms with Gasteiger partial charge in [0.15, 0.2) is 0 Å². The lowest BCUT2D eigenvalue weighted by molar-refractivity contribution is -0.150. The first kappa shape index (κ1) is 20.8. The van der Waals surface area contributed by atoms with Crippen LogP contribution in [0, 0.1) is 29.1 Å². The molecule has 1 aromatic heterocycles. The predicted molar refractivity (Wildman–Crippen MR) is 120 cm³/mol. The fourth-order valence-electron chi connectivity index (χ4n) is 7.09.